The second kappa shape index (κ2) is 6.30. The molecule has 0 spiro atoms. The van der Waals surface area contributed by atoms with Crippen LogP contribution in [0.4, 0.5) is 0 Å². The van der Waals surface area contributed by atoms with Gasteiger partial charge in [0.25, 0.3) is 5.91 Å². The molecule has 4 aromatic rings. The van der Waals surface area contributed by atoms with E-state index in [1.807, 2.05) is 42.5 Å². The number of carbonyl (C=O) groups is 1. The molecule has 3 nitrogen and oxygen atoms in total. The Kier molecular flexibility index (Phi) is 3.98. The van der Waals surface area contributed by atoms with Gasteiger partial charge >= 0.3 is 0 Å². The minimum absolute atomic E-state index is 0.192. The predicted molar refractivity (Wildman–Crippen MR) is 104 cm³/mol. The third kappa shape index (κ3) is 2.79. The zero-order valence-electron chi connectivity index (χ0n) is 14.2. The fraction of sp³-hybridized carbons (Fsp3) is 0.143. The SMILES string of the molecule is CCn1c(=NC(=O)c2cccc3ccccc23)sc2cc(C)ccc21. The normalized spacial score (nSPS) is 12.2. The first-order valence-corrected chi connectivity index (χ1v) is 9.16. The molecule has 0 fully saturated rings. The second-order valence-electron chi connectivity index (χ2n) is 6.04. The maximum atomic E-state index is 12.9. The van der Waals surface area contributed by atoms with Crippen LogP contribution < -0.4 is 4.80 Å². The Bertz CT molecular complexity index is 1160. The zero-order chi connectivity index (χ0) is 17.4. The molecule has 0 aliphatic rings. The van der Waals surface area contributed by atoms with E-state index in [-0.39, 0.29) is 5.91 Å². The van der Waals surface area contributed by atoms with E-state index in [0.717, 1.165) is 32.3 Å². The highest BCUT2D eigenvalue weighted by atomic mass is 32.1. The average molecular weight is 346 g/mol. The molecule has 0 saturated heterocycles. The molecule has 25 heavy (non-hydrogen) atoms. The summed E-state index contributed by atoms with van der Waals surface area (Å²) in [4.78, 5) is 18.1. The highest BCUT2D eigenvalue weighted by molar-refractivity contribution is 7.16. The summed E-state index contributed by atoms with van der Waals surface area (Å²) in [5, 5.41) is 2.00. The average Bonchev–Trinajstić information content (AvgIpc) is 2.97. The number of hydrogen-bond donors (Lipinski definition) is 0. The first kappa shape index (κ1) is 15.8. The van der Waals surface area contributed by atoms with Gasteiger partial charge < -0.3 is 4.57 Å². The third-order valence-corrected chi connectivity index (χ3v) is 5.41. The van der Waals surface area contributed by atoms with Gasteiger partial charge in [-0.2, -0.15) is 4.99 Å². The van der Waals surface area contributed by atoms with Crippen molar-refractivity contribution in [3.05, 3.63) is 76.6 Å². The van der Waals surface area contributed by atoms with Crippen LogP contribution in [0, 0.1) is 6.92 Å². The number of fused-ring (bicyclic) bond motifs is 2. The Morgan fingerprint density at radius 2 is 1.88 bits per heavy atom. The van der Waals surface area contributed by atoms with Crippen LogP contribution in [0.2, 0.25) is 0 Å². The van der Waals surface area contributed by atoms with Crippen molar-refractivity contribution in [1.82, 2.24) is 4.57 Å². The summed E-state index contributed by atoms with van der Waals surface area (Å²) in [6.45, 7) is 4.94. The number of thiazole rings is 1. The lowest BCUT2D eigenvalue weighted by Crippen LogP contribution is -2.16. The summed E-state index contributed by atoms with van der Waals surface area (Å²) in [6.07, 6.45) is 0. The van der Waals surface area contributed by atoms with Gasteiger partial charge in [0, 0.05) is 12.1 Å². The topological polar surface area (TPSA) is 34.4 Å². The fourth-order valence-electron chi connectivity index (χ4n) is 3.13. The molecule has 4 heteroatoms. The number of aromatic nitrogens is 1. The summed E-state index contributed by atoms with van der Waals surface area (Å²) in [6, 6.07) is 20.0. The molecule has 0 N–H and O–H groups in total. The van der Waals surface area contributed by atoms with E-state index >= 15 is 0 Å². The summed E-state index contributed by atoms with van der Waals surface area (Å²) < 4.78 is 3.26. The molecule has 0 aliphatic heterocycles. The number of nitrogens with zero attached hydrogens (tertiary/aromatic N) is 2. The molecule has 0 unspecified atom stereocenters. The zero-order valence-corrected chi connectivity index (χ0v) is 15.0. The van der Waals surface area contributed by atoms with Crippen molar-refractivity contribution in [2.75, 3.05) is 0 Å². The molecule has 4 rings (SSSR count). The van der Waals surface area contributed by atoms with E-state index in [1.165, 1.54) is 5.56 Å². The quantitative estimate of drug-likeness (QED) is 0.507. The number of carbonyl (C=O) groups excluding carboxylic acids is 1. The molecule has 1 heterocycles. The molecule has 1 amide bonds. The van der Waals surface area contributed by atoms with Gasteiger partial charge in [0.05, 0.1) is 10.2 Å². The van der Waals surface area contributed by atoms with E-state index in [0.29, 0.717) is 5.56 Å². The second-order valence-corrected chi connectivity index (χ2v) is 7.05. The van der Waals surface area contributed by atoms with E-state index in [4.69, 9.17) is 0 Å². The summed E-state index contributed by atoms with van der Waals surface area (Å²) in [5.41, 5.74) is 2.99. The largest absolute Gasteiger partial charge is 0.317 e. The van der Waals surface area contributed by atoms with Gasteiger partial charge in [-0.15, -0.1) is 0 Å². The smallest absolute Gasteiger partial charge is 0.280 e. The van der Waals surface area contributed by atoms with Crippen molar-refractivity contribution < 1.29 is 4.79 Å². The first-order chi connectivity index (χ1) is 12.2. The number of hydrogen-bond acceptors (Lipinski definition) is 2. The van der Waals surface area contributed by atoms with Crippen LogP contribution in [0.25, 0.3) is 21.0 Å². The standard InChI is InChI=1S/C21H18N2OS/c1-3-23-18-12-11-14(2)13-19(18)25-21(23)22-20(24)17-10-6-8-15-7-4-5-9-16(15)17/h4-13H,3H2,1-2H3. The van der Waals surface area contributed by atoms with Crippen LogP contribution in [0.1, 0.15) is 22.8 Å². The maximum Gasteiger partial charge on any atom is 0.280 e. The minimum atomic E-state index is -0.192. The Labute approximate surface area is 149 Å². The fourth-order valence-corrected chi connectivity index (χ4v) is 4.32. The van der Waals surface area contributed by atoms with Gasteiger partial charge in [-0.25, -0.2) is 0 Å². The number of aryl methyl sites for hydroxylation is 2. The number of rotatable bonds is 2. The Morgan fingerprint density at radius 1 is 1.08 bits per heavy atom. The van der Waals surface area contributed by atoms with Gasteiger partial charge in [0.2, 0.25) is 0 Å². The number of amides is 1. The van der Waals surface area contributed by atoms with Crippen LogP contribution in [0.15, 0.2) is 65.7 Å². The van der Waals surface area contributed by atoms with Crippen LogP contribution >= 0.6 is 11.3 Å². The molecule has 0 radical (unpaired) electrons. The Balaban J connectivity index is 1.90. The van der Waals surface area contributed by atoms with E-state index < -0.39 is 0 Å². The molecular weight excluding hydrogens is 328 g/mol. The van der Waals surface area contributed by atoms with Crippen molar-refractivity contribution >= 4 is 38.2 Å². The van der Waals surface area contributed by atoms with Crippen LogP contribution in [-0.2, 0) is 6.54 Å². The van der Waals surface area contributed by atoms with E-state index in [9.17, 15) is 4.79 Å². The maximum absolute atomic E-state index is 12.9. The van der Waals surface area contributed by atoms with Crippen LogP contribution in [0.3, 0.4) is 0 Å². The first-order valence-electron chi connectivity index (χ1n) is 8.34. The minimum Gasteiger partial charge on any atom is -0.317 e. The predicted octanol–water partition coefficient (Wildman–Crippen LogP) is 4.93. The molecule has 0 aliphatic carbocycles. The third-order valence-electron chi connectivity index (χ3n) is 4.37. The number of benzene rings is 3. The Hall–Kier alpha value is -2.72. The molecule has 124 valence electrons. The van der Waals surface area contributed by atoms with Gasteiger partial charge in [-0.3, -0.25) is 4.79 Å². The molecule has 0 atom stereocenters. The molecule has 1 aromatic heterocycles. The summed E-state index contributed by atoms with van der Waals surface area (Å²) in [7, 11) is 0. The molecule has 0 saturated carbocycles. The van der Waals surface area contributed by atoms with E-state index in [1.54, 1.807) is 11.3 Å². The summed E-state index contributed by atoms with van der Waals surface area (Å²) in [5.74, 6) is -0.192. The molecule has 0 bridgehead atoms. The van der Waals surface area contributed by atoms with Gasteiger partial charge in [0.15, 0.2) is 4.80 Å². The highest BCUT2D eigenvalue weighted by Gasteiger charge is 2.11. The molecular formula is C21H18N2OS. The van der Waals surface area contributed by atoms with Crippen molar-refractivity contribution in [1.29, 1.82) is 0 Å². The van der Waals surface area contributed by atoms with Gasteiger partial charge in [0.1, 0.15) is 0 Å². The Morgan fingerprint density at radius 3 is 2.72 bits per heavy atom. The molecule has 3 aromatic carbocycles. The van der Waals surface area contributed by atoms with Crippen LogP contribution in [-0.4, -0.2) is 10.5 Å². The van der Waals surface area contributed by atoms with Crippen LogP contribution in [0.5, 0.6) is 0 Å². The monoisotopic (exact) mass is 346 g/mol. The van der Waals surface area contributed by atoms with Gasteiger partial charge in [-0.05, 0) is 48.4 Å². The van der Waals surface area contributed by atoms with Crippen molar-refractivity contribution in [3.63, 3.8) is 0 Å². The van der Waals surface area contributed by atoms with Gasteiger partial charge in [-0.1, -0.05) is 53.8 Å². The van der Waals surface area contributed by atoms with E-state index in [2.05, 4.69) is 41.6 Å². The van der Waals surface area contributed by atoms with Crippen molar-refractivity contribution in [2.45, 2.75) is 20.4 Å². The lowest BCUT2D eigenvalue weighted by atomic mass is 10.0. The highest BCUT2D eigenvalue weighted by Crippen LogP contribution is 2.21. The van der Waals surface area contributed by atoms with Crippen molar-refractivity contribution in [2.24, 2.45) is 4.99 Å². The lowest BCUT2D eigenvalue weighted by molar-refractivity contribution is 0.0999. The summed E-state index contributed by atoms with van der Waals surface area (Å²) >= 11 is 1.57. The van der Waals surface area contributed by atoms with Crippen molar-refractivity contribution in [3.8, 4) is 0 Å². The lowest BCUT2D eigenvalue weighted by Gasteiger charge is -2.03.